The van der Waals surface area contributed by atoms with Gasteiger partial charge in [-0.2, -0.15) is 0 Å². The fourth-order valence-electron chi connectivity index (χ4n) is 4.73. The van der Waals surface area contributed by atoms with Gasteiger partial charge in [-0.3, -0.25) is 4.79 Å². The highest BCUT2D eigenvalue weighted by atomic mass is 79.9. The molecule has 2 aromatic rings. The van der Waals surface area contributed by atoms with Crippen molar-refractivity contribution in [3.8, 4) is 11.5 Å². The number of rotatable bonds is 22. The lowest BCUT2D eigenvalue weighted by molar-refractivity contribution is 0.298. The fourth-order valence-corrected chi connectivity index (χ4v) is 5.13. The van der Waals surface area contributed by atoms with Gasteiger partial charge in [0.1, 0.15) is 5.75 Å². The van der Waals surface area contributed by atoms with Crippen LogP contribution in [0.2, 0.25) is 0 Å². The van der Waals surface area contributed by atoms with E-state index in [1.165, 1.54) is 89.9 Å². The van der Waals surface area contributed by atoms with Crippen LogP contribution in [-0.2, 0) is 11.9 Å². The van der Waals surface area contributed by atoms with Gasteiger partial charge in [0.15, 0.2) is 5.75 Å². The van der Waals surface area contributed by atoms with E-state index in [9.17, 15) is 4.79 Å². The number of ether oxygens (including phenoxy) is 2. The first-order valence-corrected chi connectivity index (χ1v) is 15.8. The maximum atomic E-state index is 12.7. The first kappa shape index (κ1) is 31.5. The predicted molar refractivity (Wildman–Crippen MR) is 160 cm³/mol. The average molecular weight is 577 g/mol. The number of unbranched alkanes of at least 4 members (excludes halogenated alkanes) is 15. The normalized spacial score (nSPS) is 11.1. The maximum absolute atomic E-state index is 12.7. The molecule has 5 heteroatoms. The summed E-state index contributed by atoms with van der Waals surface area (Å²) in [6.45, 7) is 3.56. The summed E-state index contributed by atoms with van der Waals surface area (Å²) in [6, 6.07) is 8.00. The van der Waals surface area contributed by atoms with Crippen molar-refractivity contribution < 1.29 is 9.47 Å². The number of benzene rings is 1. The van der Waals surface area contributed by atoms with E-state index in [4.69, 9.17) is 9.47 Å². The second-order valence-electron chi connectivity index (χ2n) is 10.3. The number of hydrogen-bond donors (Lipinski definition) is 0. The Balaban J connectivity index is 1.56. The number of halogens is 1. The molecule has 2 rings (SSSR count). The lowest BCUT2D eigenvalue weighted by atomic mass is 10.0. The molecular formula is C32H50BrNO3. The minimum Gasteiger partial charge on any atom is -0.497 e. The Labute approximate surface area is 234 Å². The van der Waals surface area contributed by atoms with Crippen LogP contribution in [0, 0.1) is 0 Å². The van der Waals surface area contributed by atoms with Crippen LogP contribution in [-0.4, -0.2) is 18.3 Å². The van der Waals surface area contributed by atoms with Gasteiger partial charge in [0.05, 0.1) is 19.9 Å². The summed E-state index contributed by atoms with van der Waals surface area (Å²) in [5.41, 5.74) is 1.85. The minimum absolute atomic E-state index is 0.0145. The summed E-state index contributed by atoms with van der Waals surface area (Å²) >= 11 is 3.45. The van der Waals surface area contributed by atoms with E-state index in [2.05, 4.69) is 22.9 Å². The molecule has 37 heavy (non-hydrogen) atoms. The van der Waals surface area contributed by atoms with Gasteiger partial charge in [-0.15, -0.1) is 0 Å². The van der Waals surface area contributed by atoms with Crippen LogP contribution in [0.15, 0.2) is 41.5 Å². The van der Waals surface area contributed by atoms with Crippen molar-refractivity contribution in [3.63, 3.8) is 0 Å². The zero-order chi connectivity index (χ0) is 26.6. The van der Waals surface area contributed by atoms with Crippen molar-refractivity contribution in [1.82, 2.24) is 4.57 Å². The molecule has 0 N–H and O–H groups in total. The van der Waals surface area contributed by atoms with Gasteiger partial charge in [0, 0.05) is 23.6 Å². The van der Waals surface area contributed by atoms with E-state index in [1.807, 2.05) is 41.2 Å². The number of nitrogens with zero attached hydrogens (tertiary/aromatic N) is 1. The number of pyridine rings is 1. The summed E-state index contributed by atoms with van der Waals surface area (Å²) in [5, 5.41) is 0.519. The van der Waals surface area contributed by atoms with Gasteiger partial charge in [0.2, 0.25) is 5.43 Å². The van der Waals surface area contributed by atoms with Gasteiger partial charge in [-0.25, -0.2) is 0 Å². The zero-order valence-corrected chi connectivity index (χ0v) is 25.0. The Morgan fingerprint density at radius 2 is 1.24 bits per heavy atom. The molecule has 0 amide bonds. The number of alkyl halides is 1. The van der Waals surface area contributed by atoms with Crippen LogP contribution in [0.5, 0.6) is 11.5 Å². The summed E-state index contributed by atoms with van der Waals surface area (Å²) in [5.74, 6) is 1.29. The predicted octanol–water partition coefficient (Wildman–Crippen LogP) is 9.44. The highest BCUT2D eigenvalue weighted by Gasteiger charge is 2.09. The van der Waals surface area contributed by atoms with Crippen molar-refractivity contribution in [3.05, 3.63) is 58.0 Å². The van der Waals surface area contributed by atoms with Crippen LogP contribution in [0.1, 0.15) is 121 Å². The molecule has 4 nitrogen and oxygen atoms in total. The Morgan fingerprint density at radius 3 is 1.73 bits per heavy atom. The third kappa shape index (κ3) is 13.6. The lowest BCUT2D eigenvalue weighted by Gasteiger charge is -2.13. The molecule has 0 unspecified atom stereocenters. The van der Waals surface area contributed by atoms with Crippen LogP contribution in [0.25, 0.3) is 0 Å². The molecule has 0 bridgehead atoms. The van der Waals surface area contributed by atoms with E-state index < -0.39 is 0 Å². The Kier molecular flexibility index (Phi) is 17.2. The topological polar surface area (TPSA) is 40.5 Å². The van der Waals surface area contributed by atoms with Gasteiger partial charge >= 0.3 is 0 Å². The van der Waals surface area contributed by atoms with Crippen molar-refractivity contribution in [2.45, 2.75) is 122 Å². The van der Waals surface area contributed by atoms with Gasteiger partial charge in [-0.1, -0.05) is 131 Å². The Hall–Kier alpha value is -1.75. The first-order chi connectivity index (χ1) is 18.2. The van der Waals surface area contributed by atoms with Gasteiger partial charge in [0.25, 0.3) is 0 Å². The van der Waals surface area contributed by atoms with E-state index in [-0.39, 0.29) is 5.43 Å². The monoisotopic (exact) mass is 575 g/mol. The van der Waals surface area contributed by atoms with E-state index in [1.54, 1.807) is 7.11 Å². The zero-order valence-electron chi connectivity index (χ0n) is 23.4. The molecule has 1 heterocycles. The van der Waals surface area contributed by atoms with Crippen molar-refractivity contribution in [2.75, 3.05) is 13.7 Å². The van der Waals surface area contributed by atoms with Gasteiger partial charge < -0.3 is 14.0 Å². The third-order valence-corrected chi connectivity index (χ3v) is 7.65. The largest absolute Gasteiger partial charge is 0.497 e. The van der Waals surface area contributed by atoms with Crippen molar-refractivity contribution in [2.24, 2.45) is 0 Å². The fraction of sp³-hybridized carbons (Fsp3) is 0.656. The molecule has 1 aromatic heterocycles. The molecule has 0 fully saturated rings. The van der Waals surface area contributed by atoms with E-state index in [0.717, 1.165) is 29.7 Å². The number of aromatic nitrogens is 1. The molecule has 0 aliphatic carbocycles. The molecule has 0 aliphatic heterocycles. The number of methoxy groups -OCH3 is 1. The molecule has 208 valence electrons. The molecule has 0 saturated carbocycles. The van der Waals surface area contributed by atoms with Crippen molar-refractivity contribution >= 4 is 15.9 Å². The summed E-state index contributed by atoms with van der Waals surface area (Å²) < 4.78 is 13.2. The van der Waals surface area contributed by atoms with E-state index in [0.29, 0.717) is 24.2 Å². The second kappa shape index (κ2) is 20.2. The molecule has 0 saturated heterocycles. The molecule has 0 aliphatic rings. The van der Waals surface area contributed by atoms with Gasteiger partial charge in [-0.05, 0) is 24.1 Å². The van der Waals surface area contributed by atoms with Crippen LogP contribution in [0.4, 0.5) is 0 Å². The molecule has 0 atom stereocenters. The molecular weight excluding hydrogens is 526 g/mol. The minimum atomic E-state index is -0.0145. The molecule has 0 spiro atoms. The summed E-state index contributed by atoms with van der Waals surface area (Å²) in [7, 11) is 1.67. The summed E-state index contributed by atoms with van der Waals surface area (Å²) in [4.78, 5) is 12.7. The van der Waals surface area contributed by atoms with Crippen LogP contribution in [0.3, 0.4) is 0 Å². The maximum Gasteiger partial charge on any atom is 0.227 e. The second-order valence-corrected chi connectivity index (χ2v) is 10.8. The van der Waals surface area contributed by atoms with Crippen molar-refractivity contribution in [1.29, 1.82) is 0 Å². The van der Waals surface area contributed by atoms with Crippen LogP contribution >= 0.6 is 15.9 Å². The lowest BCUT2D eigenvalue weighted by Crippen LogP contribution is -2.16. The first-order valence-electron chi connectivity index (χ1n) is 14.7. The van der Waals surface area contributed by atoms with E-state index >= 15 is 0 Å². The highest BCUT2D eigenvalue weighted by Crippen LogP contribution is 2.16. The summed E-state index contributed by atoms with van der Waals surface area (Å²) in [6.07, 6.45) is 25.3. The smallest absolute Gasteiger partial charge is 0.227 e. The quantitative estimate of drug-likeness (QED) is 0.104. The number of hydrogen-bond acceptors (Lipinski definition) is 3. The Morgan fingerprint density at radius 1 is 0.730 bits per heavy atom. The molecule has 0 radical (unpaired) electrons. The SMILES string of the molecule is CCCCCCCCCCCCCCCCCCOc1cn(Cc2ccc(OC)cc2)cc(CBr)c1=O. The highest BCUT2D eigenvalue weighted by molar-refractivity contribution is 9.08. The standard InChI is InChI=1S/C32H50BrNO3/c1-3-4-5-6-7-8-9-10-11-12-13-14-15-16-17-18-23-37-31-27-34(26-29(24-33)32(31)35)25-28-19-21-30(36-2)22-20-28/h19-22,26-27H,3-18,23-25H2,1-2H3. The third-order valence-electron chi connectivity index (χ3n) is 7.04. The average Bonchev–Trinajstić information content (AvgIpc) is 2.92. The molecule has 1 aromatic carbocycles. The Bertz CT molecular complexity index is 894. The van der Waals surface area contributed by atoms with Crippen LogP contribution < -0.4 is 14.9 Å².